The Kier molecular flexibility index (Phi) is 4.07. The summed E-state index contributed by atoms with van der Waals surface area (Å²) in [7, 11) is 0. The second-order valence-corrected chi connectivity index (χ2v) is 5.64. The van der Waals surface area contributed by atoms with Gasteiger partial charge in [-0.1, -0.05) is 20.3 Å². The number of hydrogen-bond donors (Lipinski definition) is 1. The number of nitrogens with two attached hydrogens (primary N) is 1. The van der Waals surface area contributed by atoms with E-state index in [1.165, 1.54) is 6.42 Å². The molecule has 1 atom stereocenters. The molecule has 0 fully saturated rings. The molecule has 0 spiro atoms. The van der Waals surface area contributed by atoms with Gasteiger partial charge in [-0.15, -0.1) is 11.3 Å². The number of hydrogen-bond acceptors (Lipinski definition) is 4. The fourth-order valence-corrected chi connectivity index (χ4v) is 2.81. The van der Waals surface area contributed by atoms with Crippen LogP contribution in [0.15, 0.2) is 17.6 Å². The van der Waals surface area contributed by atoms with E-state index in [-0.39, 0.29) is 0 Å². The van der Waals surface area contributed by atoms with E-state index < -0.39 is 0 Å². The Morgan fingerprint density at radius 2 is 2.17 bits per heavy atom. The van der Waals surface area contributed by atoms with Gasteiger partial charge in [-0.25, -0.2) is 4.98 Å². The highest BCUT2D eigenvalue weighted by Crippen LogP contribution is 2.32. The zero-order valence-electron chi connectivity index (χ0n) is 11.3. The zero-order chi connectivity index (χ0) is 13.1. The Labute approximate surface area is 113 Å². The lowest BCUT2D eigenvalue weighted by atomic mass is 10.1. The standard InChI is InChI=1S/C14H21N3S/c1-4-10(3)8-17(5-2)11-6-7-12-14(13(11)15)16-9-18-12/h6-7,9-10H,4-5,8,15H2,1-3H3. The van der Waals surface area contributed by atoms with Crippen molar-refractivity contribution in [2.24, 2.45) is 5.92 Å². The molecule has 2 N–H and O–H groups in total. The van der Waals surface area contributed by atoms with E-state index in [1.807, 2.05) is 5.51 Å². The molecule has 0 aliphatic rings. The molecule has 0 aliphatic carbocycles. The number of benzene rings is 1. The first-order valence-corrected chi connectivity index (χ1v) is 7.41. The minimum absolute atomic E-state index is 0.676. The van der Waals surface area contributed by atoms with Crippen LogP contribution in [0.2, 0.25) is 0 Å². The van der Waals surface area contributed by atoms with E-state index >= 15 is 0 Å². The van der Waals surface area contributed by atoms with Gasteiger partial charge in [-0.3, -0.25) is 0 Å². The molecular formula is C14H21N3S. The smallest absolute Gasteiger partial charge is 0.106 e. The van der Waals surface area contributed by atoms with Crippen LogP contribution in [-0.2, 0) is 0 Å². The topological polar surface area (TPSA) is 42.2 Å². The molecule has 2 aromatic rings. The van der Waals surface area contributed by atoms with Gasteiger partial charge < -0.3 is 10.6 Å². The van der Waals surface area contributed by atoms with E-state index in [4.69, 9.17) is 5.73 Å². The summed E-state index contributed by atoms with van der Waals surface area (Å²) in [5.41, 5.74) is 11.0. The zero-order valence-corrected chi connectivity index (χ0v) is 12.1. The monoisotopic (exact) mass is 263 g/mol. The molecular weight excluding hydrogens is 242 g/mol. The molecule has 98 valence electrons. The van der Waals surface area contributed by atoms with Crippen molar-refractivity contribution in [3.63, 3.8) is 0 Å². The van der Waals surface area contributed by atoms with Crippen LogP contribution in [0.4, 0.5) is 11.4 Å². The normalized spacial score (nSPS) is 12.8. The van der Waals surface area contributed by atoms with Crippen molar-refractivity contribution in [2.45, 2.75) is 27.2 Å². The largest absolute Gasteiger partial charge is 0.395 e. The molecule has 0 saturated carbocycles. The van der Waals surface area contributed by atoms with E-state index in [1.54, 1.807) is 11.3 Å². The van der Waals surface area contributed by atoms with Crippen molar-refractivity contribution in [2.75, 3.05) is 23.7 Å². The van der Waals surface area contributed by atoms with Crippen molar-refractivity contribution in [3.8, 4) is 0 Å². The Balaban J connectivity index is 2.35. The van der Waals surface area contributed by atoms with E-state index in [0.717, 1.165) is 34.7 Å². The molecule has 1 unspecified atom stereocenters. The predicted octanol–water partition coefficient (Wildman–Crippen LogP) is 3.75. The minimum Gasteiger partial charge on any atom is -0.395 e. The Bertz CT molecular complexity index is 521. The van der Waals surface area contributed by atoms with Crippen molar-refractivity contribution >= 4 is 32.9 Å². The number of aromatic nitrogens is 1. The highest BCUT2D eigenvalue weighted by molar-refractivity contribution is 7.16. The van der Waals surface area contributed by atoms with Crippen molar-refractivity contribution < 1.29 is 0 Å². The van der Waals surface area contributed by atoms with Crippen molar-refractivity contribution in [1.29, 1.82) is 0 Å². The average molecular weight is 263 g/mol. The van der Waals surface area contributed by atoms with Gasteiger partial charge >= 0.3 is 0 Å². The lowest BCUT2D eigenvalue weighted by Gasteiger charge is -2.27. The highest BCUT2D eigenvalue weighted by Gasteiger charge is 2.14. The van der Waals surface area contributed by atoms with Gasteiger partial charge in [0.15, 0.2) is 0 Å². The number of thiazole rings is 1. The molecule has 0 radical (unpaired) electrons. The molecule has 3 nitrogen and oxygen atoms in total. The van der Waals surface area contributed by atoms with Crippen LogP contribution in [0.25, 0.3) is 10.2 Å². The average Bonchev–Trinajstić information content (AvgIpc) is 2.86. The molecule has 1 heterocycles. The maximum atomic E-state index is 6.26. The van der Waals surface area contributed by atoms with Crippen LogP contribution in [0.3, 0.4) is 0 Å². The van der Waals surface area contributed by atoms with Crippen LogP contribution in [-0.4, -0.2) is 18.1 Å². The van der Waals surface area contributed by atoms with Gasteiger partial charge in [-0.05, 0) is 25.0 Å². The maximum absolute atomic E-state index is 6.26. The maximum Gasteiger partial charge on any atom is 0.106 e. The predicted molar refractivity (Wildman–Crippen MR) is 81.4 cm³/mol. The van der Waals surface area contributed by atoms with Gasteiger partial charge in [-0.2, -0.15) is 0 Å². The summed E-state index contributed by atoms with van der Waals surface area (Å²) in [5, 5.41) is 0. The van der Waals surface area contributed by atoms with Crippen molar-refractivity contribution in [3.05, 3.63) is 17.6 Å². The summed E-state index contributed by atoms with van der Waals surface area (Å²) in [6.45, 7) is 8.70. The quantitative estimate of drug-likeness (QED) is 0.835. The molecule has 18 heavy (non-hydrogen) atoms. The van der Waals surface area contributed by atoms with Gasteiger partial charge in [0.05, 0.1) is 21.6 Å². The number of nitrogens with zero attached hydrogens (tertiary/aromatic N) is 2. The first kappa shape index (κ1) is 13.1. The second kappa shape index (κ2) is 5.57. The number of nitrogen functional groups attached to an aromatic ring is 1. The van der Waals surface area contributed by atoms with Crippen molar-refractivity contribution in [1.82, 2.24) is 4.98 Å². The summed E-state index contributed by atoms with van der Waals surface area (Å²) in [4.78, 5) is 6.71. The molecule has 1 aromatic heterocycles. The Hall–Kier alpha value is -1.29. The van der Waals surface area contributed by atoms with Crippen LogP contribution < -0.4 is 10.6 Å². The van der Waals surface area contributed by atoms with E-state index in [0.29, 0.717) is 5.92 Å². The number of rotatable bonds is 5. The first-order valence-electron chi connectivity index (χ1n) is 6.54. The first-order chi connectivity index (χ1) is 8.67. The molecule has 0 aliphatic heterocycles. The second-order valence-electron chi connectivity index (χ2n) is 4.75. The number of anilines is 2. The molecule has 0 bridgehead atoms. The summed E-state index contributed by atoms with van der Waals surface area (Å²) in [6.07, 6.45) is 1.19. The summed E-state index contributed by atoms with van der Waals surface area (Å²) < 4.78 is 1.16. The van der Waals surface area contributed by atoms with Gasteiger partial charge in [0.1, 0.15) is 5.52 Å². The van der Waals surface area contributed by atoms with Crippen LogP contribution in [0.5, 0.6) is 0 Å². The lowest BCUT2D eigenvalue weighted by molar-refractivity contribution is 0.548. The van der Waals surface area contributed by atoms with Gasteiger partial charge in [0, 0.05) is 13.1 Å². The molecule has 0 amide bonds. The third-order valence-corrected chi connectivity index (χ3v) is 4.26. The third-order valence-electron chi connectivity index (χ3n) is 3.47. The highest BCUT2D eigenvalue weighted by atomic mass is 32.1. The van der Waals surface area contributed by atoms with Gasteiger partial charge in [0.25, 0.3) is 0 Å². The van der Waals surface area contributed by atoms with E-state index in [2.05, 4.69) is 42.8 Å². The fourth-order valence-electron chi connectivity index (χ4n) is 2.12. The Morgan fingerprint density at radius 3 is 2.83 bits per heavy atom. The summed E-state index contributed by atoms with van der Waals surface area (Å²) in [6, 6.07) is 4.25. The Morgan fingerprint density at radius 1 is 1.39 bits per heavy atom. The molecule has 4 heteroatoms. The molecule has 0 saturated heterocycles. The van der Waals surface area contributed by atoms with Crippen LogP contribution in [0.1, 0.15) is 27.2 Å². The SMILES string of the molecule is CCC(C)CN(CC)c1ccc2scnc2c1N. The molecule has 1 aromatic carbocycles. The van der Waals surface area contributed by atoms with Gasteiger partial charge in [0.2, 0.25) is 0 Å². The number of fused-ring (bicyclic) bond motifs is 1. The third kappa shape index (κ3) is 2.43. The van der Waals surface area contributed by atoms with Crippen LogP contribution >= 0.6 is 11.3 Å². The lowest BCUT2D eigenvalue weighted by Crippen LogP contribution is -2.28. The summed E-state index contributed by atoms with van der Waals surface area (Å²) in [5.74, 6) is 0.676. The minimum atomic E-state index is 0.676. The molecule has 2 rings (SSSR count). The van der Waals surface area contributed by atoms with Crippen LogP contribution in [0, 0.1) is 5.92 Å². The fraction of sp³-hybridized carbons (Fsp3) is 0.500. The summed E-state index contributed by atoms with van der Waals surface area (Å²) >= 11 is 1.64. The van der Waals surface area contributed by atoms with E-state index in [9.17, 15) is 0 Å².